The van der Waals surface area contributed by atoms with Crippen molar-refractivity contribution in [2.24, 2.45) is 11.8 Å². The maximum atomic E-state index is 12.4. The minimum Gasteiger partial charge on any atom is -0.342 e. The molecule has 2 fully saturated rings. The van der Waals surface area contributed by atoms with Gasteiger partial charge in [-0.15, -0.1) is 0 Å². The van der Waals surface area contributed by atoms with Crippen LogP contribution < -0.4 is 5.32 Å². The Balaban J connectivity index is 1.41. The van der Waals surface area contributed by atoms with Gasteiger partial charge < -0.3 is 15.1 Å². The van der Waals surface area contributed by atoms with Crippen molar-refractivity contribution in [3.8, 4) is 0 Å². The summed E-state index contributed by atoms with van der Waals surface area (Å²) >= 11 is 0. The standard InChI is InChI=1S/C19H29N3O/c1-21(14-16-5-3-2-4-6-16)15-17-8-11-22(12-9-17)19(23)18-7-10-20-13-18/h2-6,17-18,20H,7-15H2,1H3. The molecule has 1 amide bonds. The van der Waals surface area contributed by atoms with Crippen molar-refractivity contribution < 1.29 is 4.79 Å². The number of hydrogen-bond donors (Lipinski definition) is 1. The van der Waals surface area contributed by atoms with E-state index in [2.05, 4.69) is 52.5 Å². The van der Waals surface area contributed by atoms with Gasteiger partial charge in [-0.1, -0.05) is 30.3 Å². The first-order valence-corrected chi connectivity index (χ1v) is 8.94. The maximum Gasteiger partial charge on any atom is 0.227 e. The number of piperidine rings is 1. The van der Waals surface area contributed by atoms with Crippen LogP contribution in [-0.4, -0.2) is 55.5 Å². The molecule has 4 nitrogen and oxygen atoms in total. The largest absolute Gasteiger partial charge is 0.342 e. The summed E-state index contributed by atoms with van der Waals surface area (Å²) in [5.74, 6) is 1.33. The van der Waals surface area contributed by atoms with Crippen molar-refractivity contribution in [1.82, 2.24) is 15.1 Å². The molecular formula is C19H29N3O. The van der Waals surface area contributed by atoms with E-state index in [-0.39, 0.29) is 5.92 Å². The van der Waals surface area contributed by atoms with Gasteiger partial charge in [0.05, 0.1) is 5.92 Å². The Hall–Kier alpha value is -1.39. The molecule has 23 heavy (non-hydrogen) atoms. The molecular weight excluding hydrogens is 286 g/mol. The first-order chi connectivity index (χ1) is 11.2. The summed E-state index contributed by atoms with van der Waals surface area (Å²) in [5, 5.41) is 3.30. The molecule has 1 unspecified atom stereocenters. The predicted octanol–water partition coefficient (Wildman–Crippen LogP) is 1.97. The van der Waals surface area contributed by atoms with Gasteiger partial charge in [0, 0.05) is 32.7 Å². The maximum absolute atomic E-state index is 12.4. The number of amides is 1. The Kier molecular flexibility index (Phi) is 5.68. The topological polar surface area (TPSA) is 35.6 Å². The summed E-state index contributed by atoms with van der Waals surface area (Å²) < 4.78 is 0. The Labute approximate surface area is 139 Å². The normalized spacial score (nSPS) is 22.7. The number of rotatable bonds is 5. The third-order valence-corrected chi connectivity index (χ3v) is 5.20. The third-order valence-electron chi connectivity index (χ3n) is 5.20. The Morgan fingerprint density at radius 2 is 1.96 bits per heavy atom. The highest BCUT2D eigenvalue weighted by Gasteiger charge is 2.30. The highest BCUT2D eigenvalue weighted by atomic mass is 16.2. The molecule has 0 radical (unpaired) electrons. The quantitative estimate of drug-likeness (QED) is 0.902. The van der Waals surface area contributed by atoms with Gasteiger partial charge in [-0.2, -0.15) is 0 Å². The van der Waals surface area contributed by atoms with Crippen LogP contribution in [0.2, 0.25) is 0 Å². The zero-order valence-electron chi connectivity index (χ0n) is 14.2. The van der Waals surface area contributed by atoms with Gasteiger partial charge in [0.25, 0.3) is 0 Å². The summed E-state index contributed by atoms with van der Waals surface area (Å²) in [6.07, 6.45) is 3.30. The van der Waals surface area contributed by atoms with Crippen LogP contribution in [0.1, 0.15) is 24.8 Å². The minimum atomic E-state index is 0.229. The van der Waals surface area contributed by atoms with Gasteiger partial charge in [-0.3, -0.25) is 4.79 Å². The monoisotopic (exact) mass is 315 g/mol. The van der Waals surface area contributed by atoms with Crippen molar-refractivity contribution in [2.75, 3.05) is 39.8 Å². The fraction of sp³-hybridized carbons (Fsp3) is 0.632. The minimum absolute atomic E-state index is 0.229. The molecule has 1 atom stereocenters. The Morgan fingerprint density at radius 1 is 1.22 bits per heavy atom. The van der Waals surface area contributed by atoms with E-state index >= 15 is 0 Å². The molecule has 1 aromatic carbocycles. The van der Waals surface area contributed by atoms with E-state index in [0.717, 1.165) is 64.4 Å². The van der Waals surface area contributed by atoms with Crippen LogP contribution in [0, 0.1) is 11.8 Å². The van der Waals surface area contributed by atoms with E-state index in [1.165, 1.54) is 5.56 Å². The molecule has 0 bridgehead atoms. The summed E-state index contributed by atoms with van der Waals surface area (Å²) in [4.78, 5) is 17.0. The van der Waals surface area contributed by atoms with Gasteiger partial charge in [0.15, 0.2) is 0 Å². The van der Waals surface area contributed by atoms with Gasteiger partial charge in [-0.25, -0.2) is 0 Å². The second-order valence-electron chi connectivity index (χ2n) is 7.14. The number of benzene rings is 1. The molecule has 4 heteroatoms. The van der Waals surface area contributed by atoms with Gasteiger partial charge >= 0.3 is 0 Å². The molecule has 2 heterocycles. The molecule has 0 saturated carbocycles. The van der Waals surface area contributed by atoms with E-state index in [4.69, 9.17) is 0 Å². The summed E-state index contributed by atoms with van der Waals surface area (Å²) in [5.41, 5.74) is 1.37. The van der Waals surface area contributed by atoms with Crippen LogP contribution in [0.15, 0.2) is 30.3 Å². The fourth-order valence-electron chi connectivity index (χ4n) is 3.86. The zero-order valence-corrected chi connectivity index (χ0v) is 14.2. The van der Waals surface area contributed by atoms with E-state index in [1.807, 2.05) is 0 Å². The highest BCUT2D eigenvalue weighted by molar-refractivity contribution is 5.79. The number of nitrogens with one attached hydrogen (secondary N) is 1. The lowest BCUT2D eigenvalue weighted by Gasteiger charge is -2.35. The average molecular weight is 315 g/mol. The number of likely N-dealkylation sites (tertiary alicyclic amines) is 1. The first-order valence-electron chi connectivity index (χ1n) is 8.94. The van der Waals surface area contributed by atoms with Crippen molar-refractivity contribution in [3.05, 3.63) is 35.9 Å². The second-order valence-corrected chi connectivity index (χ2v) is 7.14. The molecule has 2 saturated heterocycles. The third kappa shape index (κ3) is 4.55. The lowest BCUT2D eigenvalue weighted by Crippen LogP contribution is -2.44. The number of hydrogen-bond acceptors (Lipinski definition) is 3. The molecule has 0 spiro atoms. The van der Waals surface area contributed by atoms with Crippen LogP contribution in [-0.2, 0) is 11.3 Å². The van der Waals surface area contributed by atoms with E-state index in [9.17, 15) is 4.79 Å². The summed E-state index contributed by atoms with van der Waals surface area (Å²) in [6.45, 7) is 5.89. The SMILES string of the molecule is CN(Cc1ccccc1)CC1CCN(C(=O)C2CCNC2)CC1. The highest BCUT2D eigenvalue weighted by Crippen LogP contribution is 2.21. The molecule has 0 aromatic heterocycles. The smallest absolute Gasteiger partial charge is 0.227 e. The molecule has 2 aliphatic heterocycles. The van der Waals surface area contributed by atoms with Crippen molar-refractivity contribution in [1.29, 1.82) is 0 Å². The zero-order chi connectivity index (χ0) is 16.1. The van der Waals surface area contributed by atoms with Gasteiger partial charge in [0.1, 0.15) is 0 Å². The second kappa shape index (κ2) is 7.93. The molecule has 3 rings (SSSR count). The predicted molar refractivity (Wildman–Crippen MR) is 93.1 cm³/mol. The van der Waals surface area contributed by atoms with Crippen molar-refractivity contribution in [3.63, 3.8) is 0 Å². The van der Waals surface area contributed by atoms with Crippen LogP contribution in [0.5, 0.6) is 0 Å². The van der Waals surface area contributed by atoms with E-state index in [0.29, 0.717) is 5.91 Å². The van der Waals surface area contributed by atoms with Crippen molar-refractivity contribution >= 4 is 5.91 Å². The molecule has 1 aromatic rings. The lowest BCUT2D eigenvalue weighted by atomic mass is 9.95. The van der Waals surface area contributed by atoms with Crippen LogP contribution in [0.3, 0.4) is 0 Å². The first kappa shape index (κ1) is 16.5. The summed E-state index contributed by atoms with van der Waals surface area (Å²) in [6, 6.07) is 10.6. The molecule has 126 valence electrons. The lowest BCUT2D eigenvalue weighted by molar-refractivity contribution is -0.136. The van der Waals surface area contributed by atoms with E-state index in [1.54, 1.807) is 0 Å². The van der Waals surface area contributed by atoms with Crippen LogP contribution in [0.4, 0.5) is 0 Å². The van der Waals surface area contributed by atoms with Gasteiger partial charge in [-0.05, 0) is 44.3 Å². The van der Waals surface area contributed by atoms with Crippen LogP contribution >= 0.6 is 0 Å². The number of nitrogens with zero attached hydrogens (tertiary/aromatic N) is 2. The number of carbonyl (C=O) groups excluding carboxylic acids is 1. The van der Waals surface area contributed by atoms with Gasteiger partial charge in [0.2, 0.25) is 5.91 Å². The number of carbonyl (C=O) groups is 1. The molecule has 0 aliphatic carbocycles. The molecule has 1 N–H and O–H groups in total. The Bertz CT molecular complexity index is 491. The Morgan fingerprint density at radius 3 is 2.61 bits per heavy atom. The van der Waals surface area contributed by atoms with Crippen molar-refractivity contribution in [2.45, 2.75) is 25.8 Å². The van der Waals surface area contributed by atoms with E-state index < -0.39 is 0 Å². The molecule has 2 aliphatic rings. The fourth-order valence-corrected chi connectivity index (χ4v) is 3.86. The summed E-state index contributed by atoms with van der Waals surface area (Å²) in [7, 11) is 2.20. The average Bonchev–Trinajstić information content (AvgIpc) is 3.10. The van der Waals surface area contributed by atoms with Crippen LogP contribution in [0.25, 0.3) is 0 Å².